The summed E-state index contributed by atoms with van der Waals surface area (Å²) in [7, 11) is 2.02. The van der Waals surface area contributed by atoms with Crippen LogP contribution in [-0.2, 0) is 11.8 Å². The molecule has 2 unspecified atom stereocenters. The van der Waals surface area contributed by atoms with Crippen LogP contribution < -0.4 is 5.32 Å². The fourth-order valence-corrected chi connectivity index (χ4v) is 4.88. The first-order chi connectivity index (χ1) is 13.2. The number of aromatic nitrogens is 3. The Kier molecular flexibility index (Phi) is 5.81. The van der Waals surface area contributed by atoms with E-state index in [1.165, 1.54) is 43.0 Å². The number of carbonyl (C=O) groups is 1. The van der Waals surface area contributed by atoms with E-state index in [2.05, 4.69) is 50.4 Å². The van der Waals surface area contributed by atoms with Gasteiger partial charge < -0.3 is 9.88 Å². The maximum absolute atomic E-state index is 12.3. The average molecular weight is 385 g/mol. The fraction of sp³-hybridized carbons (Fsp3) is 0.571. The molecule has 1 aromatic carbocycles. The molecule has 0 radical (unpaired) electrons. The Morgan fingerprint density at radius 1 is 1.11 bits per heavy atom. The molecular formula is C21H28N4OS. The smallest absolute Gasteiger partial charge is 0.230 e. The zero-order chi connectivity index (χ0) is 18.6. The number of hydrogen-bond acceptors (Lipinski definition) is 4. The second-order valence-electron chi connectivity index (χ2n) is 7.80. The number of hydrogen-bond donors (Lipinski definition) is 1. The summed E-state index contributed by atoms with van der Waals surface area (Å²) in [5.41, 5.74) is 1.38. The summed E-state index contributed by atoms with van der Waals surface area (Å²) in [6.45, 7) is 0. The van der Waals surface area contributed by atoms with Gasteiger partial charge in [-0.25, -0.2) is 0 Å². The van der Waals surface area contributed by atoms with E-state index >= 15 is 0 Å². The minimum Gasteiger partial charge on any atom is -0.353 e. The van der Waals surface area contributed by atoms with E-state index in [-0.39, 0.29) is 5.91 Å². The molecule has 2 atom stereocenters. The first-order valence-corrected chi connectivity index (χ1v) is 11.1. The molecule has 1 amide bonds. The topological polar surface area (TPSA) is 59.8 Å². The van der Waals surface area contributed by atoms with Crippen LogP contribution in [0.2, 0.25) is 0 Å². The zero-order valence-corrected chi connectivity index (χ0v) is 16.8. The molecule has 1 aromatic heterocycles. The third-order valence-corrected chi connectivity index (χ3v) is 6.79. The maximum atomic E-state index is 12.3. The molecule has 0 saturated heterocycles. The number of nitrogens with zero attached hydrogens (tertiary/aromatic N) is 3. The van der Waals surface area contributed by atoms with Gasteiger partial charge in [-0.05, 0) is 30.7 Å². The van der Waals surface area contributed by atoms with Crippen molar-refractivity contribution >= 4 is 17.7 Å². The third-order valence-electron chi connectivity index (χ3n) is 5.77. The third kappa shape index (κ3) is 4.54. The lowest BCUT2D eigenvalue weighted by Gasteiger charge is -2.15. The lowest BCUT2D eigenvalue weighted by molar-refractivity contribution is -0.119. The number of amides is 1. The first kappa shape index (κ1) is 18.5. The Bertz CT molecular complexity index is 768. The van der Waals surface area contributed by atoms with Gasteiger partial charge in [0.1, 0.15) is 5.82 Å². The Hall–Kier alpha value is -1.82. The molecule has 4 rings (SSSR count). The summed E-state index contributed by atoms with van der Waals surface area (Å²) in [4.78, 5) is 12.3. The minimum absolute atomic E-state index is 0.116. The summed E-state index contributed by atoms with van der Waals surface area (Å²) >= 11 is 1.49. The summed E-state index contributed by atoms with van der Waals surface area (Å²) in [6.07, 6.45) is 8.42. The Labute approximate surface area is 165 Å². The van der Waals surface area contributed by atoms with Crippen molar-refractivity contribution in [2.45, 2.75) is 68.0 Å². The second kappa shape index (κ2) is 8.46. The standard InChI is InChI=1S/C21H28N4OS/c1-25-20(18-13-17(18)15-9-5-4-6-10-15)23-24-21(25)27-14-19(26)22-16-11-7-2-3-8-12-16/h4-6,9-10,16-18H,2-3,7-8,11-14H2,1H3,(H,22,26). The highest BCUT2D eigenvalue weighted by molar-refractivity contribution is 7.99. The highest BCUT2D eigenvalue weighted by atomic mass is 32.2. The van der Waals surface area contributed by atoms with Gasteiger partial charge in [0.2, 0.25) is 5.91 Å². The molecule has 2 aromatic rings. The van der Waals surface area contributed by atoms with E-state index in [1.807, 2.05) is 7.05 Å². The van der Waals surface area contributed by atoms with Crippen molar-refractivity contribution in [1.82, 2.24) is 20.1 Å². The molecule has 6 heteroatoms. The Morgan fingerprint density at radius 3 is 2.59 bits per heavy atom. The normalized spacial score (nSPS) is 23.0. The molecule has 2 saturated carbocycles. The maximum Gasteiger partial charge on any atom is 0.230 e. The molecule has 27 heavy (non-hydrogen) atoms. The van der Waals surface area contributed by atoms with Crippen LogP contribution in [0.1, 0.15) is 68.2 Å². The van der Waals surface area contributed by atoms with E-state index in [0.717, 1.165) is 30.2 Å². The van der Waals surface area contributed by atoms with Gasteiger partial charge in [-0.15, -0.1) is 10.2 Å². The first-order valence-electron chi connectivity index (χ1n) is 10.1. The van der Waals surface area contributed by atoms with Crippen LogP contribution >= 0.6 is 11.8 Å². The van der Waals surface area contributed by atoms with Gasteiger partial charge in [0.05, 0.1) is 5.75 Å². The molecular weight excluding hydrogens is 356 g/mol. The van der Waals surface area contributed by atoms with Crippen molar-refractivity contribution in [2.24, 2.45) is 7.05 Å². The Balaban J connectivity index is 1.30. The van der Waals surface area contributed by atoms with E-state index in [9.17, 15) is 4.79 Å². The number of benzene rings is 1. The largest absolute Gasteiger partial charge is 0.353 e. The van der Waals surface area contributed by atoms with Crippen molar-refractivity contribution < 1.29 is 4.79 Å². The lowest BCUT2D eigenvalue weighted by atomic mass is 10.1. The van der Waals surface area contributed by atoms with E-state index in [4.69, 9.17) is 0 Å². The highest BCUT2D eigenvalue weighted by Crippen LogP contribution is 2.54. The van der Waals surface area contributed by atoms with Gasteiger partial charge in [-0.1, -0.05) is 67.8 Å². The van der Waals surface area contributed by atoms with Gasteiger partial charge in [0.25, 0.3) is 0 Å². The van der Waals surface area contributed by atoms with Crippen LogP contribution in [0.4, 0.5) is 0 Å². The van der Waals surface area contributed by atoms with Crippen molar-refractivity contribution in [2.75, 3.05) is 5.75 Å². The predicted molar refractivity (Wildman–Crippen MR) is 108 cm³/mol. The zero-order valence-electron chi connectivity index (χ0n) is 15.9. The molecule has 2 aliphatic rings. The molecule has 0 spiro atoms. The Morgan fingerprint density at radius 2 is 1.85 bits per heavy atom. The molecule has 2 aliphatic carbocycles. The quantitative estimate of drug-likeness (QED) is 0.604. The van der Waals surface area contributed by atoms with E-state index in [0.29, 0.717) is 23.6 Å². The van der Waals surface area contributed by atoms with Gasteiger partial charge in [0, 0.05) is 19.0 Å². The van der Waals surface area contributed by atoms with Crippen LogP contribution in [0, 0.1) is 0 Å². The molecule has 1 N–H and O–H groups in total. The summed E-state index contributed by atoms with van der Waals surface area (Å²) in [6, 6.07) is 11.0. The van der Waals surface area contributed by atoms with Gasteiger partial charge in [0.15, 0.2) is 5.16 Å². The van der Waals surface area contributed by atoms with E-state index in [1.54, 1.807) is 0 Å². The number of rotatable bonds is 6. The molecule has 0 bridgehead atoms. The van der Waals surface area contributed by atoms with Crippen LogP contribution in [0.25, 0.3) is 0 Å². The average Bonchev–Trinajstić information content (AvgIpc) is 3.44. The van der Waals surface area contributed by atoms with Crippen LogP contribution in [0.5, 0.6) is 0 Å². The molecule has 144 valence electrons. The van der Waals surface area contributed by atoms with Crippen molar-refractivity contribution in [1.29, 1.82) is 0 Å². The fourth-order valence-electron chi connectivity index (χ4n) is 4.15. The molecule has 5 nitrogen and oxygen atoms in total. The number of thioether (sulfide) groups is 1. The van der Waals surface area contributed by atoms with Gasteiger partial charge in [-0.3, -0.25) is 4.79 Å². The monoisotopic (exact) mass is 384 g/mol. The lowest BCUT2D eigenvalue weighted by Crippen LogP contribution is -2.35. The summed E-state index contributed by atoms with van der Waals surface area (Å²) in [5.74, 6) is 2.56. The van der Waals surface area contributed by atoms with Crippen LogP contribution in [0.3, 0.4) is 0 Å². The summed E-state index contributed by atoms with van der Waals surface area (Å²) < 4.78 is 2.07. The molecule has 1 heterocycles. The van der Waals surface area contributed by atoms with Crippen LogP contribution in [-0.4, -0.2) is 32.5 Å². The van der Waals surface area contributed by atoms with E-state index < -0.39 is 0 Å². The predicted octanol–water partition coefficient (Wildman–Crippen LogP) is 4.02. The highest BCUT2D eigenvalue weighted by Gasteiger charge is 2.42. The number of carbonyl (C=O) groups excluding carboxylic acids is 1. The van der Waals surface area contributed by atoms with Crippen molar-refractivity contribution in [3.63, 3.8) is 0 Å². The summed E-state index contributed by atoms with van der Waals surface area (Å²) in [5, 5.41) is 12.8. The SMILES string of the molecule is Cn1c(SCC(=O)NC2CCCCCC2)nnc1C1CC1c1ccccc1. The van der Waals surface area contributed by atoms with Crippen LogP contribution in [0.15, 0.2) is 35.5 Å². The minimum atomic E-state index is 0.116. The molecule has 0 aliphatic heterocycles. The second-order valence-corrected chi connectivity index (χ2v) is 8.75. The van der Waals surface area contributed by atoms with Crippen molar-refractivity contribution in [3.05, 3.63) is 41.7 Å². The molecule has 2 fully saturated rings. The van der Waals surface area contributed by atoms with Gasteiger partial charge in [-0.2, -0.15) is 0 Å². The number of nitrogens with one attached hydrogen (secondary N) is 1. The van der Waals surface area contributed by atoms with Gasteiger partial charge >= 0.3 is 0 Å². The van der Waals surface area contributed by atoms with Crippen molar-refractivity contribution in [3.8, 4) is 0 Å².